The summed E-state index contributed by atoms with van der Waals surface area (Å²) in [6.45, 7) is 8.08. The smallest absolute Gasteiger partial charge is 0.319 e. The maximum absolute atomic E-state index is 11.7. The lowest BCUT2D eigenvalue weighted by atomic mass is 10.3. The molecule has 0 saturated carbocycles. The average Bonchev–Trinajstić information content (AvgIpc) is 2.42. The minimum absolute atomic E-state index is 0.180. The Morgan fingerprint density at radius 2 is 1.95 bits per heavy atom. The summed E-state index contributed by atoms with van der Waals surface area (Å²) in [6.07, 6.45) is 0.956. The fourth-order valence-corrected chi connectivity index (χ4v) is 2.01. The van der Waals surface area contributed by atoms with Gasteiger partial charge in [-0.25, -0.2) is 4.79 Å². The fraction of sp³-hybridized carbons (Fsp3) is 0.500. The predicted octanol–water partition coefficient (Wildman–Crippen LogP) is 2.83. The van der Waals surface area contributed by atoms with E-state index in [-0.39, 0.29) is 6.03 Å². The average molecular weight is 281 g/mol. The number of benzene rings is 1. The Kier molecular flexibility index (Phi) is 7.36. The number of nitrogens with one attached hydrogen (secondary N) is 2. The first-order valence-corrected chi connectivity index (χ1v) is 7.17. The third kappa shape index (κ3) is 5.98. The first-order chi connectivity index (χ1) is 9.17. The molecular weight excluding hydrogens is 258 g/mol. The van der Waals surface area contributed by atoms with Crippen molar-refractivity contribution >= 4 is 24.3 Å². The molecule has 0 aliphatic carbocycles. The first kappa shape index (κ1) is 15.9. The molecule has 0 radical (unpaired) electrons. The second-order valence-electron chi connectivity index (χ2n) is 4.28. The predicted molar refractivity (Wildman–Crippen MR) is 83.1 cm³/mol. The largest absolute Gasteiger partial charge is 0.338 e. The topological polar surface area (TPSA) is 44.4 Å². The molecule has 1 aromatic rings. The van der Waals surface area contributed by atoms with E-state index in [2.05, 4.69) is 42.0 Å². The molecular formula is C14H23N3OS. The molecule has 0 aliphatic rings. The Morgan fingerprint density at radius 3 is 2.58 bits per heavy atom. The van der Waals surface area contributed by atoms with E-state index in [9.17, 15) is 4.79 Å². The van der Waals surface area contributed by atoms with Crippen LogP contribution in [0.15, 0.2) is 29.2 Å². The minimum atomic E-state index is -0.180. The highest BCUT2D eigenvalue weighted by atomic mass is 32.1. The molecule has 5 heteroatoms. The van der Waals surface area contributed by atoms with Crippen LogP contribution in [0.5, 0.6) is 0 Å². The standard InChI is InChI=1S/C14H23N3OS/c1-3-17(4-2)11-7-10-15-14(18)16-12-8-5-6-9-13(12)19/h5-6,8-9,19H,3-4,7,10-11H2,1-2H3,(H2,15,16,18). The highest BCUT2D eigenvalue weighted by Gasteiger charge is 2.04. The van der Waals surface area contributed by atoms with E-state index < -0.39 is 0 Å². The molecule has 0 fully saturated rings. The van der Waals surface area contributed by atoms with Gasteiger partial charge in [-0.3, -0.25) is 0 Å². The van der Waals surface area contributed by atoms with Gasteiger partial charge in [-0.15, -0.1) is 12.6 Å². The summed E-state index contributed by atoms with van der Waals surface area (Å²) >= 11 is 4.28. The van der Waals surface area contributed by atoms with E-state index in [4.69, 9.17) is 0 Å². The molecule has 1 aromatic carbocycles. The van der Waals surface area contributed by atoms with E-state index in [0.29, 0.717) is 6.54 Å². The number of carbonyl (C=O) groups is 1. The monoisotopic (exact) mass is 281 g/mol. The lowest BCUT2D eigenvalue weighted by Crippen LogP contribution is -2.32. The Morgan fingerprint density at radius 1 is 1.26 bits per heavy atom. The van der Waals surface area contributed by atoms with Crippen molar-refractivity contribution in [1.82, 2.24) is 10.2 Å². The number of rotatable bonds is 7. The maximum atomic E-state index is 11.7. The lowest BCUT2D eigenvalue weighted by Gasteiger charge is -2.17. The van der Waals surface area contributed by atoms with Crippen molar-refractivity contribution < 1.29 is 4.79 Å². The number of urea groups is 1. The molecule has 0 heterocycles. The van der Waals surface area contributed by atoms with Crippen LogP contribution in [-0.2, 0) is 0 Å². The number of thiol groups is 1. The van der Waals surface area contributed by atoms with Crippen LogP contribution >= 0.6 is 12.6 Å². The van der Waals surface area contributed by atoms with Gasteiger partial charge in [0.25, 0.3) is 0 Å². The molecule has 0 aliphatic heterocycles. The second-order valence-corrected chi connectivity index (χ2v) is 4.76. The van der Waals surface area contributed by atoms with Gasteiger partial charge in [-0.05, 0) is 38.2 Å². The van der Waals surface area contributed by atoms with Crippen molar-refractivity contribution in [3.05, 3.63) is 24.3 Å². The van der Waals surface area contributed by atoms with Crippen LogP contribution in [0.2, 0.25) is 0 Å². The van der Waals surface area contributed by atoms with E-state index in [1.54, 1.807) is 0 Å². The number of para-hydroxylation sites is 1. The van der Waals surface area contributed by atoms with Gasteiger partial charge in [-0.2, -0.15) is 0 Å². The summed E-state index contributed by atoms with van der Waals surface area (Å²) < 4.78 is 0. The quantitative estimate of drug-likeness (QED) is 0.531. The van der Waals surface area contributed by atoms with Gasteiger partial charge < -0.3 is 15.5 Å². The van der Waals surface area contributed by atoms with Gasteiger partial charge >= 0.3 is 6.03 Å². The fourth-order valence-electron chi connectivity index (χ4n) is 1.79. The summed E-state index contributed by atoms with van der Waals surface area (Å²) in [5.74, 6) is 0. The molecule has 2 N–H and O–H groups in total. The maximum Gasteiger partial charge on any atom is 0.319 e. The molecule has 0 unspecified atom stereocenters. The molecule has 19 heavy (non-hydrogen) atoms. The number of anilines is 1. The van der Waals surface area contributed by atoms with Gasteiger partial charge in [0.2, 0.25) is 0 Å². The molecule has 2 amide bonds. The summed E-state index contributed by atoms with van der Waals surface area (Å²) in [6, 6.07) is 7.25. The molecule has 0 atom stereocenters. The Balaban J connectivity index is 2.24. The Bertz CT molecular complexity index is 394. The van der Waals surface area contributed by atoms with E-state index >= 15 is 0 Å². The van der Waals surface area contributed by atoms with Crippen LogP contribution < -0.4 is 10.6 Å². The molecule has 0 saturated heterocycles. The highest BCUT2D eigenvalue weighted by Crippen LogP contribution is 2.17. The molecule has 4 nitrogen and oxygen atoms in total. The Hall–Kier alpha value is -1.20. The molecule has 0 spiro atoms. The van der Waals surface area contributed by atoms with Gasteiger partial charge in [0.05, 0.1) is 5.69 Å². The molecule has 0 aromatic heterocycles. The Labute approximate surface area is 121 Å². The zero-order valence-electron chi connectivity index (χ0n) is 11.6. The van der Waals surface area contributed by atoms with Crippen LogP contribution in [0.1, 0.15) is 20.3 Å². The normalized spacial score (nSPS) is 10.5. The van der Waals surface area contributed by atoms with E-state index in [0.717, 1.165) is 36.6 Å². The van der Waals surface area contributed by atoms with Gasteiger partial charge in [0.15, 0.2) is 0 Å². The van der Waals surface area contributed by atoms with Gasteiger partial charge in [0.1, 0.15) is 0 Å². The lowest BCUT2D eigenvalue weighted by molar-refractivity contribution is 0.250. The van der Waals surface area contributed by atoms with Crippen LogP contribution in [0.3, 0.4) is 0 Å². The first-order valence-electron chi connectivity index (χ1n) is 6.72. The van der Waals surface area contributed by atoms with Crippen molar-refractivity contribution in [2.24, 2.45) is 0 Å². The van der Waals surface area contributed by atoms with Crippen LogP contribution in [0.25, 0.3) is 0 Å². The highest BCUT2D eigenvalue weighted by molar-refractivity contribution is 7.80. The van der Waals surface area contributed by atoms with Crippen molar-refractivity contribution in [2.75, 3.05) is 31.5 Å². The summed E-state index contributed by atoms with van der Waals surface area (Å²) in [5, 5.41) is 5.64. The summed E-state index contributed by atoms with van der Waals surface area (Å²) in [7, 11) is 0. The van der Waals surface area contributed by atoms with Crippen molar-refractivity contribution in [3.63, 3.8) is 0 Å². The summed E-state index contributed by atoms with van der Waals surface area (Å²) in [5.41, 5.74) is 0.729. The third-order valence-corrected chi connectivity index (χ3v) is 3.37. The van der Waals surface area contributed by atoms with Crippen LogP contribution in [0, 0.1) is 0 Å². The van der Waals surface area contributed by atoms with Crippen molar-refractivity contribution in [2.45, 2.75) is 25.2 Å². The van der Waals surface area contributed by atoms with Gasteiger partial charge in [0, 0.05) is 11.4 Å². The third-order valence-electron chi connectivity index (χ3n) is 2.98. The molecule has 106 valence electrons. The zero-order chi connectivity index (χ0) is 14.1. The van der Waals surface area contributed by atoms with Crippen molar-refractivity contribution in [3.8, 4) is 0 Å². The van der Waals surface area contributed by atoms with Crippen molar-refractivity contribution in [1.29, 1.82) is 0 Å². The van der Waals surface area contributed by atoms with Gasteiger partial charge in [-0.1, -0.05) is 26.0 Å². The zero-order valence-corrected chi connectivity index (χ0v) is 12.5. The number of carbonyl (C=O) groups excluding carboxylic acids is 1. The molecule has 0 bridgehead atoms. The van der Waals surface area contributed by atoms with E-state index in [1.807, 2.05) is 24.3 Å². The van der Waals surface area contributed by atoms with E-state index in [1.165, 1.54) is 0 Å². The number of nitrogens with zero attached hydrogens (tertiary/aromatic N) is 1. The number of hydrogen-bond acceptors (Lipinski definition) is 3. The van der Waals surface area contributed by atoms with Crippen LogP contribution in [0.4, 0.5) is 10.5 Å². The number of amides is 2. The SMILES string of the molecule is CCN(CC)CCCNC(=O)Nc1ccccc1S. The minimum Gasteiger partial charge on any atom is -0.338 e. The second kappa shape index (κ2) is 8.82. The summed E-state index contributed by atoms with van der Waals surface area (Å²) in [4.78, 5) is 14.8. The molecule has 1 rings (SSSR count). The number of hydrogen-bond donors (Lipinski definition) is 3. The van der Waals surface area contributed by atoms with Crippen LogP contribution in [-0.4, -0.2) is 37.1 Å².